The van der Waals surface area contributed by atoms with Crippen molar-refractivity contribution in [2.45, 2.75) is 36.7 Å². The maximum absolute atomic E-state index is 12.5. The Hall–Kier alpha value is -1.18. The van der Waals surface area contributed by atoms with Crippen LogP contribution in [0.4, 0.5) is 0 Å². The Morgan fingerprint density at radius 3 is 2.89 bits per heavy atom. The zero-order valence-corrected chi connectivity index (χ0v) is 11.6. The fraction of sp³-hybridized carbons (Fsp3) is 0.583. The monoisotopic (exact) mass is 285 g/mol. The lowest BCUT2D eigenvalue weighted by Crippen LogP contribution is -2.33. The summed E-state index contributed by atoms with van der Waals surface area (Å²) >= 11 is 0. The van der Waals surface area contributed by atoms with E-state index in [0.717, 1.165) is 12.8 Å². The molecule has 1 aromatic rings. The van der Waals surface area contributed by atoms with Gasteiger partial charge >= 0.3 is 0 Å². The number of nitrogens with zero attached hydrogens (tertiary/aromatic N) is 3. The van der Waals surface area contributed by atoms with E-state index in [1.807, 2.05) is 0 Å². The van der Waals surface area contributed by atoms with Crippen LogP contribution < -0.4 is 0 Å². The Labute approximate surface area is 113 Å². The molecule has 2 rings (SSSR count). The first-order valence-electron chi connectivity index (χ1n) is 6.35. The van der Waals surface area contributed by atoms with Gasteiger partial charge in [0.15, 0.2) is 0 Å². The molecule has 1 N–H and O–H groups in total. The average molecular weight is 285 g/mol. The summed E-state index contributed by atoms with van der Waals surface area (Å²) in [7, 11) is -3.49. The minimum Gasteiger partial charge on any atom is -0.396 e. The highest BCUT2D eigenvalue weighted by Gasteiger charge is 2.37. The van der Waals surface area contributed by atoms with Crippen molar-refractivity contribution in [3.05, 3.63) is 25.0 Å². The van der Waals surface area contributed by atoms with E-state index in [4.69, 9.17) is 5.11 Å². The molecule has 7 heteroatoms. The Kier molecular flexibility index (Phi) is 4.38. The van der Waals surface area contributed by atoms with E-state index in [2.05, 4.69) is 11.7 Å². The molecule has 6 nitrogen and oxygen atoms in total. The number of hydrogen-bond donors (Lipinski definition) is 1. The van der Waals surface area contributed by atoms with Crippen molar-refractivity contribution in [1.29, 1.82) is 0 Å². The first kappa shape index (κ1) is 14.2. The van der Waals surface area contributed by atoms with E-state index in [-0.39, 0.29) is 17.5 Å². The van der Waals surface area contributed by atoms with Crippen LogP contribution in [0, 0.1) is 0 Å². The smallest absolute Gasteiger partial charge is 0.246 e. The van der Waals surface area contributed by atoms with Gasteiger partial charge in [-0.3, -0.25) is 4.68 Å². The van der Waals surface area contributed by atoms with Gasteiger partial charge in [-0.15, -0.1) is 6.58 Å². The maximum Gasteiger partial charge on any atom is 0.246 e. The minimum absolute atomic E-state index is 0.0621. The zero-order chi connectivity index (χ0) is 13.9. The molecule has 0 spiro atoms. The molecule has 0 amide bonds. The predicted molar refractivity (Wildman–Crippen MR) is 71.0 cm³/mol. The molecule has 1 fully saturated rings. The number of sulfonamides is 1. The van der Waals surface area contributed by atoms with Gasteiger partial charge in [-0.2, -0.15) is 9.40 Å². The Balaban J connectivity index is 2.17. The minimum atomic E-state index is -3.49. The van der Waals surface area contributed by atoms with E-state index in [1.54, 1.807) is 10.8 Å². The van der Waals surface area contributed by atoms with Gasteiger partial charge in [0.05, 0.1) is 6.20 Å². The van der Waals surface area contributed by atoms with Gasteiger partial charge in [-0.1, -0.05) is 6.08 Å². The molecule has 1 aliphatic rings. The van der Waals surface area contributed by atoms with Crippen LogP contribution in [0.1, 0.15) is 19.3 Å². The van der Waals surface area contributed by atoms with E-state index in [0.29, 0.717) is 19.5 Å². The third-order valence-electron chi connectivity index (χ3n) is 3.02. The lowest BCUT2D eigenvalue weighted by atomic mass is 10.5. The molecule has 0 aromatic carbocycles. The van der Waals surface area contributed by atoms with E-state index in [9.17, 15) is 8.42 Å². The molecule has 1 aromatic heterocycles. The molecule has 1 aliphatic carbocycles. The summed E-state index contributed by atoms with van der Waals surface area (Å²) in [5.74, 6) is 0. The van der Waals surface area contributed by atoms with Crippen molar-refractivity contribution in [3.8, 4) is 0 Å². The quantitative estimate of drug-likeness (QED) is 0.710. The molecular weight excluding hydrogens is 266 g/mol. The van der Waals surface area contributed by atoms with Gasteiger partial charge in [0.2, 0.25) is 10.0 Å². The second kappa shape index (κ2) is 5.85. The van der Waals surface area contributed by atoms with Crippen LogP contribution in [0.15, 0.2) is 29.9 Å². The van der Waals surface area contributed by atoms with Crippen molar-refractivity contribution in [3.63, 3.8) is 0 Å². The Bertz CT molecular complexity index is 534. The molecule has 19 heavy (non-hydrogen) atoms. The molecule has 1 saturated carbocycles. The highest BCUT2D eigenvalue weighted by Crippen LogP contribution is 2.31. The Morgan fingerprint density at radius 2 is 2.32 bits per heavy atom. The van der Waals surface area contributed by atoms with Crippen LogP contribution in [0.2, 0.25) is 0 Å². The fourth-order valence-corrected chi connectivity index (χ4v) is 3.51. The largest absolute Gasteiger partial charge is 0.396 e. The number of aromatic nitrogens is 2. The molecule has 0 aliphatic heterocycles. The summed E-state index contributed by atoms with van der Waals surface area (Å²) in [5.41, 5.74) is 0. The number of rotatable bonds is 8. The molecule has 106 valence electrons. The van der Waals surface area contributed by atoms with Gasteiger partial charge in [0.1, 0.15) is 4.90 Å². The standard InChI is InChI=1S/C12H19N3O3S/c1-2-6-15(11-4-5-11)19(17,18)12-9-13-14(10-12)7-3-8-16/h2,9-11,16H,1,3-8H2. The van der Waals surface area contributed by atoms with Crippen LogP contribution in [0.3, 0.4) is 0 Å². The van der Waals surface area contributed by atoms with Crippen molar-refractivity contribution in [2.24, 2.45) is 0 Å². The summed E-state index contributed by atoms with van der Waals surface area (Å²) in [6.45, 7) is 4.51. The van der Waals surface area contributed by atoms with E-state index < -0.39 is 10.0 Å². The second-order valence-electron chi connectivity index (χ2n) is 4.61. The summed E-state index contributed by atoms with van der Waals surface area (Å²) in [6.07, 6.45) is 6.86. The summed E-state index contributed by atoms with van der Waals surface area (Å²) < 4.78 is 28.0. The summed E-state index contributed by atoms with van der Waals surface area (Å²) in [6, 6.07) is 0.101. The summed E-state index contributed by atoms with van der Waals surface area (Å²) in [4.78, 5) is 0.208. The predicted octanol–water partition coefficient (Wildman–Crippen LogP) is 0.605. The molecule has 0 unspecified atom stereocenters. The average Bonchev–Trinajstić information content (AvgIpc) is 3.10. The van der Waals surface area contributed by atoms with Gasteiger partial charge in [0, 0.05) is 31.9 Å². The molecular formula is C12H19N3O3S. The number of aliphatic hydroxyl groups is 1. The van der Waals surface area contributed by atoms with Gasteiger partial charge in [-0.05, 0) is 19.3 Å². The van der Waals surface area contributed by atoms with E-state index in [1.165, 1.54) is 16.7 Å². The van der Waals surface area contributed by atoms with Crippen molar-refractivity contribution < 1.29 is 13.5 Å². The first-order valence-corrected chi connectivity index (χ1v) is 7.79. The molecule has 0 saturated heterocycles. The second-order valence-corrected chi connectivity index (χ2v) is 6.50. The Morgan fingerprint density at radius 1 is 1.58 bits per heavy atom. The zero-order valence-electron chi connectivity index (χ0n) is 10.8. The van der Waals surface area contributed by atoms with Gasteiger partial charge < -0.3 is 5.11 Å². The lowest BCUT2D eigenvalue weighted by Gasteiger charge is -2.18. The number of aliphatic hydroxyl groups excluding tert-OH is 1. The SMILES string of the molecule is C=CCN(C1CC1)S(=O)(=O)c1cnn(CCCO)c1. The molecule has 0 radical (unpaired) electrons. The van der Waals surface area contributed by atoms with Crippen LogP contribution in [-0.4, -0.2) is 46.8 Å². The fourth-order valence-electron chi connectivity index (χ4n) is 1.90. The van der Waals surface area contributed by atoms with Crippen LogP contribution >= 0.6 is 0 Å². The molecule has 0 atom stereocenters. The third-order valence-corrected chi connectivity index (χ3v) is 4.90. The van der Waals surface area contributed by atoms with Gasteiger partial charge in [-0.25, -0.2) is 8.42 Å². The molecule has 1 heterocycles. The third kappa shape index (κ3) is 3.23. The first-order chi connectivity index (χ1) is 9.09. The maximum atomic E-state index is 12.5. The number of aryl methyl sites for hydroxylation is 1. The molecule has 0 bridgehead atoms. The topological polar surface area (TPSA) is 75.4 Å². The van der Waals surface area contributed by atoms with Crippen LogP contribution in [0.25, 0.3) is 0 Å². The van der Waals surface area contributed by atoms with E-state index >= 15 is 0 Å². The summed E-state index contributed by atoms with van der Waals surface area (Å²) in [5, 5.41) is 12.8. The van der Waals surface area contributed by atoms with Crippen LogP contribution in [-0.2, 0) is 16.6 Å². The van der Waals surface area contributed by atoms with Crippen molar-refractivity contribution in [1.82, 2.24) is 14.1 Å². The highest BCUT2D eigenvalue weighted by atomic mass is 32.2. The van der Waals surface area contributed by atoms with Crippen molar-refractivity contribution in [2.75, 3.05) is 13.2 Å². The van der Waals surface area contributed by atoms with Crippen molar-refractivity contribution >= 4 is 10.0 Å². The normalized spacial score (nSPS) is 15.9. The number of hydrogen-bond acceptors (Lipinski definition) is 4. The highest BCUT2D eigenvalue weighted by molar-refractivity contribution is 7.89. The van der Waals surface area contributed by atoms with Crippen LogP contribution in [0.5, 0.6) is 0 Å². The van der Waals surface area contributed by atoms with Gasteiger partial charge in [0.25, 0.3) is 0 Å². The lowest BCUT2D eigenvalue weighted by molar-refractivity contribution is 0.277.